The maximum atomic E-state index is 6.09. The second-order valence-corrected chi connectivity index (χ2v) is 5.83. The van der Waals surface area contributed by atoms with E-state index in [2.05, 4.69) is 37.9 Å². The maximum absolute atomic E-state index is 6.09. The third kappa shape index (κ3) is 2.32. The van der Waals surface area contributed by atoms with Crippen LogP contribution < -0.4 is 10.6 Å². The molecule has 3 nitrogen and oxygen atoms in total. The lowest BCUT2D eigenvalue weighted by Gasteiger charge is -2.31. The highest BCUT2D eigenvalue weighted by atomic mass is 79.9. The van der Waals surface area contributed by atoms with Crippen LogP contribution in [-0.2, 0) is 13.0 Å². The molecular weight excluding hydrogens is 302 g/mol. The van der Waals surface area contributed by atoms with Gasteiger partial charge in [0.25, 0.3) is 0 Å². The van der Waals surface area contributed by atoms with Crippen molar-refractivity contribution in [3.05, 3.63) is 51.6 Å². The molecule has 0 radical (unpaired) electrons. The molecule has 4 heteroatoms. The molecule has 1 aromatic carbocycles. The van der Waals surface area contributed by atoms with Crippen molar-refractivity contribution in [2.45, 2.75) is 19.9 Å². The van der Waals surface area contributed by atoms with Crippen LogP contribution in [0, 0.1) is 6.92 Å². The van der Waals surface area contributed by atoms with Crippen molar-refractivity contribution in [2.24, 2.45) is 0 Å². The van der Waals surface area contributed by atoms with Gasteiger partial charge in [0.2, 0.25) is 0 Å². The fraction of sp³-hybridized carbons (Fsp3) is 0.267. The first-order chi connectivity index (χ1) is 9.15. The number of aryl methyl sites for hydroxylation is 1. The molecule has 3 rings (SSSR count). The van der Waals surface area contributed by atoms with Gasteiger partial charge < -0.3 is 10.6 Å². The molecular formula is C15H16BrN3. The molecule has 19 heavy (non-hydrogen) atoms. The number of anilines is 2. The van der Waals surface area contributed by atoms with Crippen LogP contribution in [0.1, 0.15) is 16.7 Å². The van der Waals surface area contributed by atoms with E-state index in [4.69, 9.17) is 5.73 Å². The van der Waals surface area contributed by atoms with Gasteiger partial charge in [0, 0.05) is 25.0 Å². The highest BCUT2D eigenvalue weighted by Crippen LogP contribution is 2.31. The summed E-state index contributed by atoms with van der Waals surface area (Å²) in [5.74, 6) is 1.000. The molecule has 2 aromatic rings. The lowest BCUT2D eigenvalue weighted by atomic mass is 9.98. The predicted octanol–water partition coefficient (Wildman–Crippen LogP) is 3.30. The number of benzene rings is 1. The molecule has 1 aliphatic rings. The minimum Gasteiger partial charge on any atom is -0.398 e. The van der Waals surface area contributed by atoms with Crippen molar-refractivity contribution < 1.29 is 0 Å². The number of aromatic nitrogens is 1. The molecule has 1 aromatic heterocycles. The van der Waals surface area contributed by atoms with Gasteiger partial charge in [-0.05, 0) is 58.1 Å². The average Bonchev–Trinajstić information content (AvgIpc) is 2.39. The number of rotatable bonds is 1. The topological polar surface area (TPSA) is 42.2 Å². The summed E-state index contributed by atoms with van der Waals surface area (Å²) in [5, 5.41) is 0. The van der Waals surface area contributed by atoms with Crippen molar-refractivity contribution in [1.29, 1.82) is 0 Å². The van der Waals surface area contributed by atoms with Crippen molar-refractivity contribution >= 4 is 27.4 Å². The molecule has 0 saturated carbocycles. The van der Waals surface area contributed by atoms with Gasteiger partial charge in [-0.3, -0.25) is 0 Å². The van der Waals surface area contributed by atoms with Crippen LogP contribution >= 0.6 is 15.9 Å². The van der Waals surface area contributed by atoms with Gasteiger partial charge in [0.05, 0.1) is 4.47 Å². The molecule has 0 aliphatic carbocycles. The second-order valence-electron chi connectivity index (χ2n) is 4.97. The third-order valence-corrected chi connectivity index (χ3v) is 4.15. The molecule has 2 heterocycles. The Balaban J connectivity index is 1.95. The van der Waals surface area contributed by atoms with Gasteiger partial charge in [-0.1, -0.05) is 12.1 Å². The number of nitrogens with zero attached hydrogens (tertiary/aromatic N) is 2. The molecule has 0 bridgehead atoms. The van der Waals surface area contributed by atoms with Gasteiger partial charge in [0.15, 0.2) is 0 Å². The van der Waals surface area contributed by atoms with E-state index in [-0.39, 0.29) is 0 Å². The zero-order valence-electron chi connectivity index (χ0n) is 10.9. The van der Waals surface area contributed by atoms with Crippen LogP contribution in [0.15, 0.2) is 34.9 Å². The number of pyridine rings is 1. The van der Waals surface area contributed by atoms with Crippen LogP contribution in [0.5, 0.6) is 0 Å². The third-order valence-electron chi connectivity index (χ3n) is 3.57. The highest BCUT2D eigenvalue weighted by molar-refractivity contribution is 9.10. The lowest BCUT2D eigenvalue weighted by molar-refractivity contribution is 0.720. The van der Waals surface area contributed by atoms with Crippen LogP contribution in [0.2, 0.25) is 0 Å². The maximum Gasteiger partial charge on any atom is 0.143 e. The molecule has 0 atom stereocenters. The van der Waals surface area contributed by atoms with Crippen LogP contribution in [-0.4, -0.2) is 11.5 Å². The summed E-state index contributed by atoms with van der Waals surface area (Å²) in [6.45, 7) is 3.85. The number of hydrogen-bond donors (Lipinski definition) is 1. The SMILES string of the molecule is Cc1cnc(N2CCc3cccc(N)c3C2)c(Br)c1. The first kappa shape index (κ1) is 12.5. The predicted molar refractivity (Wildman–Crippen MR) is 82.3 cm³/mol. The minimum atomic E-state index is 0.830. The highest BCUT2D eigenvalue weighted by Gasteiger charge is 2.20. The molecule has 0 saturated heterocycles. The van der Waals surface area contributed by atoms with E-state index in [1.54, 1.807) is 0 Å². The summed E-state index contributed by atoms with van der Waals surface area (Å²) in [7, 11) is 0. The number of hydrogen-bond acceptors (Lipinski definition) is 3. The zero-order valence-corrected chi connectivity index (χ0v) is 12.4. The normalized spacial score (nSPS) is 14.3. The lowest BCUT2D eigenvalue weighted by Crippen LogP contribution is -2.31. The Morgan fingerprint density at radius 3 is 3.00 bits per heavy atom. The van der Waals surface area contributed by atoms with Crippen LogP contribution in [0.3, 0.4) is 0 Å². The molecule has 0 spiro atoms. The Kier molecular flexibility index (Phi) is 3.19. The monoisotopic (exact) mass is 317 g/mol. The molecule has 98 valence electrons. The number of fused-ring (bicyclic) bond motifs is 1. The van der Waals surface area contributed by atoms with Gasteiger partial charge in [-0.2, -0.15) is 0 Å². The fourth-order valence-corrected chi connectivity index (χ4v) is 3.26. The van der Waals surface area contributed by atoms with E-state index in [1.807, 2.05) is 25.3 Å². The van der Waals surface area contributed by atoms with Crippen LogP contribution in [0.25, 0.3) is 0 Å². The Morgan fingerprint density at radius 2 is 2.21 bits per heavy atom. The van der Waals surface area contributed by atoms with Gasteiger partial charge in [-0.25, -0.2) is 4.98 Å². The standard InChI is InChI=1S/C15H16BrN3/c1-10-7-13(16)15(18-8-10)19-6-5-11-3-2-4-14(17)12(11)9-19/h2-4,7-8H,5-6,9,17H2,1H3. The van der Waals surface area contributed by atoms with Crippen molar-refractivity contribution in [2.75, 3.05) is 17.2 Å². The molecule has 2 N–H and O–H groups in total. The Hall–Kier alpha value is -1.55. The van der Waals surface area contributed by atoms with E-state index >= 15 is 0 Å². The molecule has 1 aliphatic heterocycles. The summed E-state index contributed by atoms with van der Waals surface area (Å²) < 4.78 is 1.05. The summed E-state index contributed by atoms with van der Waals surface area (Å²) >= 11 is 3.61. The Bertz CT molecular complexity index is 625. The van der Waals surface area contributed by atoms with Gasteiger partial charge in [-0.15, -0.1) is 0 Å². The summed E-state index contributed by atoms with van der Waals surface area (Å²) in [6.07, 6.45) is 2.92. The largest absolute Gasteiger partial charge is 0.398 e. The van der Waals surface area contributed by atoms with Crippen molar-refractivity contribution in [3.63, 3.8) is 0 Å². The number of nitrogen functional groups attached to an aromatic ring is 1. The number of halogens is 1. The summed E-state index contributed by atoms with van der Waals surface area (Å²) in [5.41, 5.74) is 10.7. The van der Waals surface area contributed by atoms with Gasteiger partial charge >= 0.3 is 0 Å². The van der Waals surface area contributed by atoms with E-state index in [9.17, 15) is 0 Å². The van der Waals surface area contributed by atoms with Crippen molar-refractivity contribution in [1.82, 2.24) is 4.98 Å². The van der Waals surface area contributed by atoms with E-state index < -0.39 is 0 Å². The van der Waals surface area contributed by atoms with E-state index in [0.717, 1.165) is 41.1 Å². The molecule has 0 unspecified atom stereocenters. The first-order valence-electron chi connectivity index (χ1n) is 6.38. The minimum absolute atomic E-state index is 0.830. The average molecular weight is 318 g/mol. The number of nitrogens with two attached hydrogens (primary N) is 1. The Morgan fingerprint density at radius 1 is 1.37 bits per heavy atom. The first-order valence-corrected chi connectivity index (χ1v) is 7.18. The van der Waals surface area contributed by atoms with Crippen molar-refractivity contribution in [3.8, 4) is 0 Å². The Labute approximate surface area is 121 Å². The quantitative estimate of drug-likeness (QED) is 0.821. The summed E-state index contributed by atoms with van der Waals surface area (Å²) in [6, 6.07) is 8.27. The van der Waals surface area contributed by atoms with Crippen LogP contribution in [0.4, 0.5) is 11.5 Å². The van der Waals surface area contributed by atoms with Gasteiger partial charge in [0.1, 0.15) is 5.82 Å². The second kappa shape index (κ2) is 4.85. The van der Waals surface area contributed by atoms with E-state index in [0.29, 0.717) is 0 Å². The summed E-state index contributed by atoms with van der Waals surface area (Å²) in [4.78, 5) is 6.82. The molecule has 0 amide bonds. The fourth-order valence-electron chi connectivity index (χ4n) is 2.55. The molecule has 0 fully saturated rings. The zero-order chi connectivity index (χ0) is 13.4. The smallest absolute Gasteiger partial charge is 0.143 e. The van der Waals surface area contributed by atoms with E-state index in [1.165, 1.54) is 11.1 Å².